The molecule has 0 saturated carbocycles. The van der Waals surface area contributed by atoms with Crippen molar-refractivity contribution in [3.05, 3.63) is 12.2 Å². The van der Waals surface area contributed by atoms with Crippen LogP contribution in [0, 0.1) is 0 Å². The molecular formula is C15H32O5Si2. The Labute approximate surface area is 136 Å². The van der Waals surface area contributed by atoms with E-state index in [1.807, 2.05) is 0 Å². The highest BCUT2D eigenvalue weighted by atomic mass is 28.4. The van der Waals surface area contributed by atoms with Gasteiger partial charge in [-0.1, -0.05) is 6.58 Å². The van der Waals surface area contributed by atoms with E-state index in [4.69, 9.17) is 13.6 Å². The third-order valence-electron chi connectivity index (χ3n) is 2.72. The van der Waals surface area contributed by atoms with Gasteiger partial charge in [-0.3, -0.25) is 0 Å². The summed E-state index contributed by atoms with van der Waals surface area (Å²) in [5.41, 5.74) is 0.322. The Morgan fingerprint density at radius 1 is 1.18 bits per heavy atom. The van der Waals surface area contributed by atoms with Gasteiger partial charge in [-0.05, 0) is 52.1 Å². The first-order chi connectivity index (χ1) is 9.93. The largest absolute Gasteiger partial charge is 0.460 e. The first kappa shape index (κ1) is 21.5. The van der Waals surface area contributed by atoms with Crippen LogP contribution in [0.4, 0.5) is 0 Å². The zero-order valence-electron chi connectivity index (χ0n) is 14.9. The standard InChI is InChI=1S/C15H32O5Si2/c1-13(2)15(17)19-12-14(16)11-18-9-8-10-22(6,7)20-21(3,4)5/h14,16H,1,8-12H2,2-7H3. The number of ether oxygens (including phenoxy) is 2. The van der Waals surface area contributed by atoms with Gasteiger partial charge in [-0.15, -0.1) is 0 Å². The molecule has 0 aromatic rings. The van der Waals surface area contributed by atoms with Crippen LogP contribution < -0.4 is 0 Å². The van der Waals surface area contributed by atoms with Crippen molar-refractivity contribution < 1.29 is 23.5 Å². The van der Waals surface area contributed by atoms with Crippen molar-refractivity contribution in [3.63, 3.8) is 0 Å². The summed E-state index contributed by atoms with van der Waals surface area (Å²) in [4.78, 5) is 11.2. The van der Waals surface area contributed by atoms with E-state index in [0.717, 1.165) is 12.5 Å². The molecule has 1 N–H and O–H groups in total. The van der Waals surface area contributed by atoms with E-state index in [1.165, 1.54) is 0 Å². The minimum Gasteiger partial charge on any atom is -0.460 e. The average molecular weight is 349 g/mol. The maximum Gasteiger partial charge on any atom is 0.333 e. The molecule has 0 amide bonds. The SMILES string of the molecule is C=C(C)C(=O)OCC(O)COCCC[Si](C)(C)O[Si](C)(C)C. The summed E-state index contributed by atoms with van der Waals surface area (Å²) in [5.74, 6) is -0.490. The van der Waals surface area contributed by atoms with E-state index in [0.29, 0.717) is 12.2 Å². The summed E-state index contributed by atoms with van der Waals surface area (Å²) in [6.45, 7) is 16.8. The third-order valence-corrected chi connectivity index (χ3v) is 8.93. The molecule has 0 aliphatic carbocycles. The number of carbonyl (C=O) groups is 1. The average Bonchev–Trinajstić information content (AvgIpc) is 2.32. The third kappa shape index (κ3) is 12.1. The Hall–Kier alpha value is -0.476. The van der Waals surface area contributed by atoms with Gasteiger partial charge in [0.2, 0.25) is 0 Å². The fourth-order valence-corrected chi connectivity index (χ4v) is 10.1. The summed E-state index contributed by atoms with van der Waals surface area (Å²) < 4.78 is 16.5. The number of aliphatic hydroxyl groups excluding tert-OH is 1. The number of rotatable bonds is 11. The Balaban J connectivity index is 3.76. The van der Waals surface area contributed by atoms with Crippen molar-refractivity contribution >= 4 is 22.6 Å². The normalized spacial score (nSPS) is 13.8. The van der Waals surface area contributed by atoms with E-state index in [2.05, 4.69) is 39.3 Å². The van der Waals surface area contributed by atoms with Gasteiger partial charge in [0.1, 0.15) is 12.7 Å². The molecule has 0 aromatic carbocycles. The van der Waals surface area contributed by atoms with E-state index in [9.17, 15) is 9.90 Å². The second-order valence-corrected chi connectivity index (χ2v) is 16.2. The Morgan fingerprint density at radius 2 is 1.77 bits per heavy atom. The van der Waals surface area contributed by atoms with Gasteiger partial charge < -0.3 is 18.7 Å². The van der Waals surface area contributed by atoms with Gasteiger partial charge >= 0.3 is 5.97 Å². The topological polar surface area (TPSA) is 65.0 Å². The van der Waals surface area contributed by atoms with Gasteiger partial charge in [0.05, 0.1) is 6.61 Å². The zero-order chi connectivity index (χ0) is 17.4. The molecule has 0 fully saturated rings. The van der Waals surface area contributed by atoms with Crippen LogP contribution >= 0.6 is 0 Å². The molecule has 0 heterocycles. The highest BCUT2D eigenvalue weighted by Crippen LogP contribution is 2.19. The van der Waals surface area contributed by atoms with Crippen LogP contribution in [0.2, 0.25) is 38.8 Å². The predicted octanol–water partition coefficient (Wildman–Crippen LogP) is 2.93. The van der Waals surface area contributed by atoms with Crippen LogP contribution in [0.1, 0.15) is 13.3 Å². The quantitative estimate of drug-likeness (QED) is 0.269. The summed E-state index contributed by atoms with van der Waals surface area (Å²) in [6.07, 6.45) is 0.119. The zero-order valence-corrected chi connectivity index (χ0v) is 16.9. The van der Waals surface area contributed by atoms with E-state index < -0.39 is 28.7 Å². The summed E-state index contributed by atoms with van der Waals surface area (Å²) in [5, 5.41) is 9.65. The Kier molecular flexibility index (Phi) is 9.41. The molecule has 7 heteroatoms. The van der Waals surface area contributed by atoms with Crippen LogP contribution in [0.15, 0.2) is 12.2 Å². The number of hydrogen-bond acceptors (Lipinski definition) is 5. The minimum atomic E-state index is -1.62. The Morgan fingerprint density at radius 3 is 2.27 bits per heavy atom. The lowest BCUT2D eigenvalue weighted by atomic mass is 10.3. The maximum atomic E-state index is 11.2. The van der Waals surface area contributed by atoms with Crippen LogP contribution in [0.25, 0.3) is 0 Å². The molecular weight excluding hydrogens is 316 g/mol. The van der Waals surface area contributed by atoms with Gasteiger partial charge in [0, 0.05) is 12.2 Å². The second kappa shape index (κ2) is 9.62. The number of carbonyl (C=O) groups excluding carboxylic acids is 1. The van der Waals surface area contributed by atoms with Crippen LogP contribution in [0.3, 0.4) is 0 Å². The van der Waals surface area contributed by atoms with E-state index in [1.54, 1.807) is 6.92 Å². The number of aliphatic hydroxyl groups is 1. The number of hydrogen-bond donors (Lipinski definition) is 1. The lowest BCUT2D eigenvalue weighted by molar-refractivity contribution is -0.143. The molecule has 0 saturated heterocycles. The van der Waals surface area contributed by atoms with E-state index >= 15 is 0 Å². The number of esters is 1. The molecule has 130 valence electrons. The van der Waals surface area contributed by atoms with Crippen molar-refractivity contribution in [2.45, 2.75) is 58.2 Å². The fourth-order valence-electron chi connectivity index (χ4n) is 2.04. The van der Waals surface area contributed by atoms with E-state index in [-0.39, 0.29) is 13.2 Å². The molecule has 0 aliphatic heterocycles. The molecule has 5 nitrogen and oxygen atoms in total. The molecule has 0 spiro atoms. The molecule has 0 rings (SSSR count). The van der Waals surface area contributed by atoms with Crippen LogP contribution in [-0.4, -0.2) is 53.6 Å². The molecule has 0 bridgehead atoms. The monoisotopic (exact) mass is 348 g/mol. The lowest BCUT2D eigenvalue weighted by Gasteiger charge is -2.31. The highest BCUT2D eigenvalue weighted by molar-refractivity contribution is 6.84. The fraction of sp³-hybridized carbons (Fsp3) is 0.800. The summed E-state index contributed by atoms with van der Waals surface area (Å²) in [6, 6.07) is 1.04. The Bertz CT molecular complexity index is 363. The lowest BCUT2D eigenvalue weighted by Crippen LogP contribution is -2.42. The molecule has 1 unspecified atom stereocenters. The predicted molar refractivity (Wildman–Crippen MR) is 93.9 cm³/mol. The smallest absolute Gasteiger partial charge is 0.333 e. The minimum absolute atomic E-state index is 0.0648. The van der Waals surface area contributed by atoms with Gasteiger partial charge in [-0.25, -0.2) is 4.79 Å². The molecule has 1 atom stereocenters. The molecule has 0 radical (unpaired) electrons. The van der Waals surface area contributed by atoms with Gasteiger partial charge in [0.25, 0.3) is 0 Å². The van der Waals surface area contributed by atoms with Crippen molar-refractivity contribution in [1.82, 2.24) is 0 Å². The highest BCUT2D eigenvalue weighted by Gasteiger charge is 2.28. The molecule has 22 heavy (non-hydrogen) atoms. The van der Waals surface area contributed by atoms with Crippen molar-refractivity contribution in [1.29, 1.82) is 0 Å². The van der Waals surface area contributed by atoms with Gasteiger partial charge in [-0.2, -0.15) is 0 Å². The first-order valence-electron chi connectivity index (χ1n) is 7.71. The first-order valence-corrected chi connectivity index (χ1v) is 14.2. The van der Waals surface area contributed by atoms with Gasteiger partial charge in [0.15, 0.2) is 16.6 Å². The molecule has 0 aliphatic rings. The summed E-state index contributed by atoms with van der Waals surface area (Å²) >= 11 is 0. The van der Waals surface area contributed by atoms with Crippen molar-refractivity contribution in [2.24, 2.45) is 0 Å². The van der Waals surface area contributed by atoms with Crippen LogP contribution in [-0.2, 0) is 18.4 Å². The molecule has 0 aromatic heterocycles. The van der Waals surface area contributed by atoms with Crippen molar-refractivity contribution in [3.8, 4) is 0 Å². The maximum absolute atomic E-state index is 11.2. The van der Waals surface area contributed by atoms with Crippen LogP contribution in [0.5, 0.6) is 0 Å². The summed E-state index contributed by atoms with van der Waals surface area (Å²) in [7, 11) is -3.10. The van der Waals surface area contributed by atoms with Crippen molar-refractivity contribution in [2.75, 3.05) is 19.8 Å². The second-order valence-electron chi connectivity index (χ2n) is 7.19.